The summed E-state index contributed by atoms with van der Waals surface area (Å²) >= 11 is 0. The minimum atomic E-state index is -0.0510. The van der Waals surface area contributed by atoms with Crippen LogP contribution in [0.2, 0.25) is 0 Å². The van der Waals surface area contributed by atoms with Crippen LogP contribution in [0.25, 0.3) is 0 Å². The maximum atomic E-state index is 5.94. The normalized spacial score (nSPS) is 18.9. The number of benzene rings is 1. The Bertz CT molecular complexity index is 674. The molecule has 0 amide bonds. The van der Waals surface area contributed by atoms with Crippen LogP contribution in [-0.4, -0.2) is 53.6 Å². The Balaban J connectivity index is 1.68. The van der Waals surface area contributed by atoms with E-state index in [2.05, 4.69) is 46.0 Å². The van der Waals surface area contributed by atoms with E-state index >= 15 is 0 Å². The van der Waals surface area contributed by atoms with Crippen LogP contribution in [0.5, 0.6) is 0 Å². The number of hydrogen-bond acceptors (Lipinski definition) is 5. The van der Waals surface area contributed by atoms with Gasteiger partial charge in [-0.05, 0) is 38.2 Å². The van der Waals surface area contributed by atoms with Crippen LogP contribution >= 0.6 is 0 Å². The predicted molar refractivity (Wildman–Crippen MR) is 94.6 cm³/mol. The summed E-state index contributed by atoms with van der Waals surface area (Å²) in [5, 5.41) is 0. The highest BCUT2D eigenvalue weighted by Crippen LogP contribution is 2.21. The maximum absolute atomic E-state index is 5.94. The molecule has 0 bridgehead atoms. The monoisotopic (exact) mass is 326 g/mol. The Hall–Kier alpha value is -1.82. The van der Waals surface area contributed by atoms with Crippen molar-refractivity contribution in [3.8, 4) is 0 Å². The summed E-state index contributed by atoms with van der Waals surface area (Å²) in [6, 6.07) is 10.5. The van der Waals surface area contributed by atoms with Crippen molar-refractivity contribution in [2.75, 3.05) is 33.8 Å². The van der Waals surface area contributed by atoms with Crippen molar-refractivity contribution in [2.24, 2.45) is 0 Å². The van der Waals surface area contributed by atoms with Gasteiger partial charge >= 0.3 is 0 Å². The van der Waals surface area contributed by atoms with Gasteiger partial charge in [0, 0.05) is 32.4 Å². The lowest BCUT2D eigenvalue weighted by atomic mass is 10.1. The molecular weight excluding hydrogens is 300 g/mol. The molecule has 5 heteroatoms. The van der Waals surface area contributed by atoms with E-state index in [1.54, 1.807) is 0 Å². The molecule has 3 rings (SSSR count). The van der Waals surface area contributed by atoms with Gasteiger partial charge in [-0.2, -0.15) is 0 Å². The molecule has 0 saturated carbocycles. The van der Waals surface area contributed by atoms with E-state index in [0.29, 0.717) is 0 Å². The van der Waals surface area contributed by atoms with Crippen molar-refractivity contribution in [3.63, 3.8) is 0 Å². The van der Waals surface area contributed by atoms with Gasteiger partial charge in [-0.1, -0.05) is 24.3 Å². The molecule has 2 aromatic rings. The largest absolute Gasteiger partial charge is 0.368 e. The molecule has 0 spiro atoms. The fourth-order valence-electron chi connectivity index (χ4n) is 3.01. The molecule has 1 fully saturated rings. The Morgan fingerprint density at radius 2 is 2.08 bits per heavy atom. The van der Waals surface area contributed by atoms with Crippen molar-refractivity contribution in [1.82, 2.24) is 19.8 Å². The van der Waals surface area contributed by atoms with Crippen LogP contribution in [0, 0.1) is 6.92 Å². The number of nitrogens with zero attached hydrogens (tertiary/aromatic N) is 4. The lowest BCUT2D eigenvalue weighted by Gasteiger charge is -2.32. The van der Waals surface area contributed by atoms with Crippen LogP contribution in [0.15, 0.2) is 36.5 Å². The predicted octanol–water partition coefficient (Wildman–Crippen LogP) is 2.42. The minimum absolute atomic E-state index is 0.0510. The van der Waals surface area contributed by atoms with Crippen molar-refractivity contribution in [3.05, 3.63) is 59.2 Å². The first-order valence-electron chi connectivity index (χ1n) is 8.47. The summed E-state index contributed by atoms with van der Waals surface area (Å²) in [7, 11) is 4.09. The Morgan fingerprint density at radius 3 is 2.88 bits per heavy atom. The van der Waals surface area contributed by atoms with E-state index in [-0.39, 0.29) is 6.10 Å². The number of aryl methyl sites for hydroxylation is 1. The Morgan fingerprint density at radius 1 is 1.25 bits per heavy atom. The second kappa shape index (κ2) is 7.83. The average Bonchev–Trinajstić information content (AvgIpc) is 2.57. The first kappa shape index (κ1) is 17.0. The van der Waals surface area contributed by atoms with Crippen molar-refractivity contribution < 1.29 is 4.74 Å². The van der Waals surface area contributed by atoms with E-state index in [4.69, 9.17) is 9.72 Å². The molecule has 1 aromatic heterocycles. The summed E-state index contributed by atoms with van der Waals surface area (Å²) < 4.78 is 5.94. The first-order chi connectivity index (χ1) is 11.6. The zero-order chi connectivity index (χ0) is 16.9. The fraction of sp³-hybridized carbons (Fsp3) is 0.474. The number of hydrogen-bond donors (Lipinski definition) is 0. The second-order valence-corrected chi connectivity index (χ2v) is 6.66. The van der Waals surface area contributed by atoms with E-state index in [1.165, 1.54) is 11.1 Å². The molecule has 1 saturated heterocycles. The molecule has 0 N–H and O–H groups in total. The van der Waals surface area contributed by atoms with Gasteiger partial charge < -0.3 is 9.64 Å². The third kappa shape index (κ3) is 4.38. The smallest absolute Gasteiger partial charge is 0.158 e. The minimum Gasteiger partial charge on any atom is -0.368 e. The van der Waals surface area contributed by atoms with Gasteiger partial charge in [0.25, 0.3) is 0 Å². The molecule has 0 aliphatic carbocycles. The topological polar surface area (TPSA) is 41.5 Å². The lowest BCUT2D eigenvalue weighted by Crippen LogP contribution is -2.38. The van der Waals surface area contributed by atoms with Crippen LogP contribution in [0.3, 0.4) is 0 Å². The van der Waals surface area contributed by atoms with Crippen LogP contribution in [0.4, 0.5) is 0 Å². The Kier molecular flexibility index (Phi) is 5.56. The Labute approximate surface area is 144 Å². The molecule has 128 valence electrons. The standard InChI is InChI=1S/C19H26N4O/c1-15-6-4-5-7-16(15)12-23-10-11-24-18(14-23)19-20-9-8-17(21-19)13-22(2)3/h4-9,18H,10-14H2,1-3H3/t18-/m0/s1. The molecule has 1 atom stereocenters. The molecular formula is C19H26N4O. The highest BCUT2D eigenvalue weighted by molar-refractivity contribution is 5.25. The fourth-order valence-corrected chi connectivity index (χ4v) is 3.01. The zero-order valence-corrected chi connectivity index (χ0v) is 14.8. The molecule has 0 radical (unpaired) electrons. The maximum Gasteiger partial charge on any atom is 0.158 e. The van der Waals surface area contributed by atoms with Crippen LogP contribution < -0.4 is 0 Å². The van der Waals surface area contributed by atoms with Gasteiger partial charge in [-0.15, -0.1) is 0 Å². The highest BCUT2D eigenvalue weighted by Gasteiger charge is 2.24. The van der Waals surface area contributed by atoms with Crippen LogP contribution in [0.1, 0.15) is 28.7 Å². The van der Waals surface area contributed by atoms with Crippen LogP contribution in [-0.2, 0) is 17.8 Å². The van der Waals surface area contributed by atoms with Gasteiger partial charge in [0.05, 0.1) is 12.3 Å². The average molecular weight is 326 g/mol. The lowest BCUT2D eigenvalue weighted by molar-refractivity contribution is -0.0374. The summed E-state index contributed by atoms with van der Waals surface area (Å²) in [4.78, 5) is 13.7. The van der Waals surface area contributed by atoms with E-state index in [9.17, 15) is 0 Å². The number of rotatable bonds is 5. The van der Waals surface area contributed by atoms with Crippen molar-refractivity contribution >= 4 is 0 Å². The van der Waals surface area contributed by atoms with Gasteiger partial charge in [0.15, 0.2) is 5.82 Å². The second-order valence-electron chi connectivity index (χ2n) is 6.66. The summed E-state index contributed by atoms with van der Waals surface area (Å²) in [5.74, 6) is 0.795. The third-order valence-corrected chi connectivity index (χ3v) is 4.30. The van der Waals surface area contributed by atoms with Crippen molar-refractivity contribution in [2.45, 2.75) is 26.1 Å². The number of aromatic nitrogens is 2. The highest BCUT2D eigenvalue weighted by atomic mass is 16.5. The van der Waals surface area contributed by atoms with Gasteiger partial charge in [-0.3, -0.25) is 4.90 Å². The van der Waals surface area contributed by atoms with E-state index in [0.717, 1.165) is 44.3 Å². The molecule has 5 nitrogen and oxygen atoms in total. The molecule has 2 heterocycles. The molecule has 1 aliphatic heterocycles. The molecule has 1 aromatic carbocycles. The third-order valence-electron chi connectivity index (χ3n) is 4.30. The van der Waals surface area contributed by atoms with Gasteiger partial charge in [0.2, 0.25) is 0 Å². The molecule has 1 aliphatic rings. The zero-order valence-electron chi connectivity index (χ0n) is 14.8. The van der Waals surface area contributed by atoms with E-state index in [1.807, 2.05) is 26.4 Å². The molecule has 0 unspecified atom stereocenters. The number of morpholine rings is 1. The van der Waals surface area contributed by atoms with Crippen molar-refractivity contribution in [1.29, 1.82) is 0 Å². The van der Waals surface area contributed by atoms with Gasteiger partial charge in [-0.25, -0.2) is 9.97 Å². The number of ether oxygens (including phenoxy) is 1. The summed E-state index contributed by atoms with van der Waals surface area (Å²) in [6.45, 7) is 6.43. The summed E-state index contributed by atoms with van der Waals surface area (Å²) in [5.41, 5.74) is 3.75. The quantitative estimate of drug-likeness (QED) is 0.844. The molecule has 24 heavy (non-hydrogen) atoms. The first-order valence-corrected chi connectivity index (χ1v) is 8.47. The van der Waals surface area contributed by atoms with E-state index < -0.39 is 0 Å². The summed E-state index contributed by atoms with van der Waals surface area (Å²) in [6.07, 6.45) is 1.79. The van der Waals surface area contributed by atoms with Gasteiger partial charge in [0.1, 0.15) is 6.10 Å². The SMILES string of the molecule is Cc1ccccc1CN1CCO[C@H](c2nccc(CN(C)C)n2)C1.